The molecule has 0 bridgehead atoms. The van der Waals surface area contributed by atoms with Crippen LogP contribution in [-0.4, -0.2) is 42.0 Å². The summed E-state index contributed by atoms with van der Waals surface area (Å²) in [5.41, 5.74) is 4.79. The fourth-order valence-corrected chi connectivity index (χ4v) is 4.67. The quantitative estimate of drug-likeness (QED) is 0.798. The van der Waals surface area contributed by atoms with Crippen LogP contribution in [-0.2, 0) is 21.5 Å². The lowest BCUT2D eigenvalue weighted by Crippen LogP contribution is -2.48. The van der Waals surface area contributed by atoms with Crippen LogP contribution >= 0.6 is 0 Å². The molecule has 1 saturated heterocycles. The highest BCUT2D eigenvalue weighted by Gasteiger charge is 2.51. The van der Waals surface area contributed by atoms with Crippen LogP contribution in [0.25, 0.3) is 0 Å². The molecular weight excluding hydrogens is 388 g/mol. The summed E-state index contributed by atoms with van der Waals surface area (Å²) in [6.07, 6.45) is 1.89. The van der Waals surface area contributed by atoms with Gasteiger partial charge < -0.3 is 15.0 Å². The molecular formula is C26H32N2O3. The zero-order valence-corrected chi connectivity index (χ0v) is 18.9. The third-order valence-electron chi connectivity index (χ3n) is 6.32. The molecule has 1 aliphatic heterocycles. The Morgan fingerprint density at radius 3 is 2.13 bits per heavy atom. The second-order valence-corrected chi connectivity index (χ2v) is 9.31. The van der Waals surface area contributed by atoms with Gasteiger partial charge in [0.2, 0.25) is 5.91 Å². The molecule has 2 aliphatic rings. The van der Waals surface area contributed by atoms with E-state index in [9.17, 15) is 9.59 Å². The Hall–Kier alpha value is -2.66. The molecule has 2 aromatic carbocycles. The number of hydrogen-bond acceptors (Lipinski definition) is 3. The van der Waals surface area contributed by atoms with Crippen molar-refractivity contribution in [2.45, 2.75) is 64.7 Å². The van der Waals surface area contributed by atoms with Crippen molar-refractivity contribution in [2.75, 3.05) is 13.1 Å². The van der Waals surface area contributed by atoms with Gasteiger partial charge >= 0.3 is 0 Å². The number of benzene rings is 2. The Bertz CT molecular complexity index is 948. The second kappa shape index (κ2) is 8.46. The molecule has 2 unspecified atom stereocenters. The van der Waals surface area contributed by atoms with Gasteiger partial charge in [0.25, 0.3) is 5.91 Å². The lowest BCUT2D eigenvalue weighted by molar-refractivity contribution is -0.123. The molecule has 2 amide bonds. The average molecular weight is 421 g/mol. The van der Waals surface area contributed by atoms with Gasteiger partial charge in [-0.05, 0) is 63.8 Å². The van der Waals surface area contributed by atoms with Crippen molar-refractivity contribution in [3.05, 3.63) is 70.3 Å². The molecule has 0 aromatic heterocycles. The number of carbonyl (C=O) groups excluding carboxylic acids is 2. The Morgan fingerprint density at radius 2 is 1.58 bits per heavy atom. The summed E-state index contributed by atoms with van der Waals surface area (Å²) in [6, 6.07) is 14.0. The molecule has 164 valence electrons. The molecule has 1 heterocycles. The van der Waals surface area contributed by atoms with E-state index in [1.54, 1.807) is 0 Å². The summed E-state index contributed by atoms with van der Waals surface area (Å²) < 4.78 is 5.72. The predicted octanol–water partition coefficient (Wildman–Crippen LogP) is 3.90. The lowest BCUT2D eigenvalue weighted by atomic mass is 9.92. The van der Waals surface area contributed by atoms with Crippen LogP contribution in [0.4, 0.5) is 0 Å². The number of carbonyl (C=O) groups is 2. The van der Waals surface area contributed by atoms with Gasteiger partial charge in [0, 0.05) is 25.2 Å². The fraction of sp³-hybridized carbons (Fsp3) is 0.462. The van der Waals surface area contributed by atoms with Gasteiger partial charge in [-0.15, -0.1) is 0 Å². The highest BCUT2D eigenvalue weighted by molar-refractivity contribution is 5.94. The van der Waals surface area contributed by atoms with E-state index in [1.165, 1.54) is 11.1 Å². The van der Waals surface area contributed by atoms with Crippen molar-refractivity contribution in [2.24, 2.45) is 0 Å². The molecule has 2 aromatic rings. The average Bonchev–Trinajstić information content (AvgIpc) is 3.53. The molecule has 0 spiro atoms. The summed E-state index contributed by atoms with van der Waals surface area (Å²) in [6.45, 7) is 9.82. The van der Waals surface area contributed by atoms with Gasteiger partial charge in [0.15, 0.2) is 0 Å². The molecule has 1 saturated carbocycles. The maximum Gasteiger partial charge on any atom is 0.254 e. The van der Waals surface area contributed by atoms with Crippen molar-refractivity contribution >= 4 is 11.8 Å². The van der Waals surface area contributed by atoms with Gasteiger partial charge in [-0.25, -0.2) is 0 Å². The first kappa shape index (κ1) is 21.6. The number of amides is 2. The number of aryl methyl sites for hydroxylation is 2. The van der Waals surface area contributed by atoms with Crippen LogP contribution in [0.1, 0.15) is 59.3 Å². The Balaban J connectivity index is 1.37. The van der Waals surface area contributed by atoms with Crippen LogP contribution in [0.15, 0.2) is 42.5 Å². The maximum absolute atomic E-state index is 13.0. The fourth-order valence-electron chi connectivity index (χ4n) is 4.67. The van der Waals surface area contributed by atoms with E-state index in [0.29, 0.717) is 25.2 Å². The first-order chi connectivity index (χ1) is 14.8. The van der Waals surface area contributed by atoms with Gasteiger partial charge in [-0.3, -0.25) is 9.59 Å². The molecule has 5 heteroatoms. The second-order valence-electron chi connectivity index (χ2n) is 9.31. The van der Waals surface area contributed by atoms with Crippen molar-refractivity contribution < 1.29 is 14.3 Å². The first-order valence-electron chi connectivity index (χ1n) is 11.2. The van der Waals surface area contributed by atoms with Crippen molar-refractivity contribution in [3.8, 4) is 0 Å². The van der Waals surface area contributed by atoms with E-state index in [-0.39, 0.29) is 29.4 Å². The van der Waals surface area contributed by atoms with Gasteiger partial charge in [-0.1, -0.05) is 41.5 Å². The zero-order valence-electron chi connectivity index (χ0n) is 18.9. The lowest BCUT2D eigenvalue weighted by Gasteiger charge is -2.35. The van der Waals surface area contributed by atoms with Crippen LogP contribution in [0, 0.1) is 13.8 Å². The summed E-state index contributed by atoms with van der Waals surface area (Å²) >= 11 is 0. The Morgan fingerprint density at radius 1 is 1.00 bits per heavy atom. The van der Waals surface area contributed by atoms with Crippen LogP contribution in [0.2, 0.25) is 0 Å². The number of ether oxygens (including phenoxy) is 1. The smallest absolute Gasteiger partial charge is 0.254 e. The number of morpholine rings is 1. The van der Waals surface area contributed by atoms with Crippen molar-refractivity contribution in [1.82, 2.24) is 10.2 Å². The summed E-state index contributed by atoms with van der Waals surface area (Å²) in [5, 5.41) is 3.11. The third kappa shape index (κ3) is 4.67. The van der Waals surface area contributed by atoms with Crippen molar-refractivity contribution in [3.63, 3.8) is 0 Å². The monoisotopic (exact) mass is 420 g/mol. The number of nitrogens with one attached hydrogen (secondary N) is 1. The van der Waals surface area contributed by atoms with Crippen LogP contribution < -0.4 is 5.32 Å². The molecule has 2 atom stereocenters. The first-order valence-corrected chi connectivity index (χ1v) is 11.2. The highest BCUT2D eigenvalue weighted by Crippen LogP contribution is 2.48. The summed E-state index contributed by atoms with van der Waals surface area (Å²) in [7, 11) is 0. The summed E-state index contributed by atoms with van der Waals surface area (Å²) in [4.78, 5) is 27.7. The molecule has 2 fully saturated rings. The van der Waals surface area contributed by atoms with E-state index < -0.39 is 0 Å². The molecule has 31 heavy (non-hydrogen) atoms. The van der Waals surface area contributed by atoms with Crippen molar-refractivity contribution in [1.29, 1.82) is 0 Å². The maximum atomic E-state index is 13.0. The van der Waals surface area contributed by atoms with Gasteiger partial charge in [-0.2, -0.15) is 0 Å². The zero-order chi connectivity index (χ0) is 22.2. The normalized spacial score (nSPS) is 22.1. The minimum Gasteiger partial charge on any atom is -0.372 e. The highest BCUT2D eigenvalue weighted by atomic mass is 16.5. The van der Waals surface area contributed by atoms with Gasteiger partial charge in [0.1, 0.15) is 0 Å². The van der Waals surface area contributed by atoms with E-state index in [0.717, 1.165) is 24.0 Å². The van der Waals surface area contributed by atoms with E-state index in [1.807, 2.05) is 43.0 Å². The minimum atomic E-state index is -0.379. The summed E-state index contributed by atoms with van der Waals surface area (Å²) in [5.74, 6) is 0.123. The third-order valence-corrected chi connectivity index (χ3v) is 6.32. The SMILES string of the molecule is Cc1cc(C)cc(C2(C(=O)NCc3ccc(C(=O)N4CC(C)OC(C)C4)cc3)CC2)c1. The standard InChI is InChI=1S/C26H32N2O3/c1-17-11-18(2)13-23(12-17)26(9-10-26)25(30)27-14-21-5-7-22(8-6-21)24(29)28-15-19(3)31-20(4)16-28/h5-8,11-13,19-20H,9-10,14-16H2,1-4H3,(H,27,30). The van der Waals surface area contributed by atoms with Crippen LogP contribution in [0.5, 0.6) is 0 Å². The van der Waals surface area contributed by atoms with Crippen LogP contribution in [0.3, 0.4) is 0 Å². The Kier molecular flexibility index (Phi) is 5.89. The predicted molar refractivity (Wildman–Crippen MR) is 121 cm³/mol. The number of nitrogens with zero attached hydrogens (tertiary/aromatic N) is 1. The molecule has 0 radical (unpaired) electrons. The molecule has 4 rings (SSSR count). The number of rotatable bonds is 5. The van der Waals surface area contributed by atoms with E-state index in [4.69, 9.17) is 4.74 Å². The van der Waals surface area contributed by atoms with Gasteiger partial charge in [0.05, 0.1) is 17.6 Å². The Labute approximate surface area is 184 Å². The minimum absolute atomic E-state index is 0.0318. The molecule has 5 nitrogen and oxygen atoms in total. The van der Waals surface area contributed by atoms with E-state index in [2.05, 4.69) is 37.4 Å². The molecule has 1 N–H and O–H groups in total. The van der Waals surface area contributed by atoms with E-state index >= 15 is 0 Å². The largest absolute Gasteiger partial charge is 0.372 e. The number of hydrogen-bond donors (Lipinski definition) is 1. The topological polar surface area (TPSA) is 58.6 Å². The molecule has 1 aliphatic carbocycles.